The van der Waals surface area contributed by atoms with Gasteiger partial charge in [-0.15, -0.1) is 6.58 Å². The van der Waals surface area contributed by atoms with Crippen molar-refractivity contribution in [1.29, 1.82) is 0 Å². The summed E-state index contributed by atoms with van der Waals surface area (Å²) in [5, 5.41) is 6.88. The molecule has 0 aromatic carbocycles. The Hall–Kier alpha value is -2.93. The van der Waals surface area contributed by atoms with Crippen molar-refractivity contribution in [2.45, 2.75) is 12.6 Å². The van der Waals surface area contributed by atoms with E-state index in [0.717, 1.165) is 17.0 Å². The molecular formula is C19H18N4O2S. The predicted molar refractivity (Wildman–Crippen MR) is 99.2 cm³/mol. The fourth-order valence-corrected chi connectivity index (χ4v) is 4.06. The number of amides is 3. The number of rotatable bonds is 5. The van der Waals surface area contributed by atoms with Crippen LogP contribution in [0.3, 0.4) is 0 Å². The average Bonchev–Trinajstić information content (AvgIpc) is 3.28. The smallest absolute Gasteiger partial charge is 0.322 e. The molecule has 0 aliphatic carbocycles. The Balaban J connectivity index is 1.69. The molecule has 0 saturated heterocycles. The second-order valence-corrected chi connectivity index (χ2v) is 6.96. The first-order valence-electron chi connectivity index (χ1n) is 8.32. The fourth-order valence-electron chi connectivity index (χ4n) is 3.37. The van der Waals surface area contributed by atoms with E-state index in [2.05, 4.69) is 16.9 Å². The van der Waals surface area contributed by atoms with Crippen LogP contribution in [0.25, 0.3) is 0 Å². The van der Waals surface area contributed by atoms with Gasteiger partial charge < -0.3 is 10.2 Å². The van der Waals surface area contributed by atoms with Crippen molar-refractivity contribution in [3.63, 3.8) is 0 Å². The van der Waals surface area contributed by atoms with Crippen molar-refractivity contribution in [2.24, 2.45) is 0 Å². The van der Waals surface area contributed by atoms with Crippen LogP contribution in [0.5, 0.6) is 0 Å². The van der Waals surface area contributed by atoms with Crippen LogP contribution in [0.2, 0.25) is 0 Å². The first-order chi connectivity index (χ1) is 12.7. The summed E-state index contributed by atoms with van der Waals surface area (Å²) in [4.78, 5) is 33.4. The zero-order valence-electron chi connectivity index (χ0n) is 14.1. The van der Waals surface area contributed by atoms with Gasteiger partial charge in [0, 0.05) is 12.7 Å². The van der Waals surface area contributed by atoms with Gasteiger partial charge in [-0.1, -0.05) is 12.1 Å². The predicted octanol–water partition coefficient (Wildman–Crippen LogP) is 2.69. The zero-order valence-corrected chi connectivity index (χ0v) is 14.9. The number of urea groups is 1. The van der Waals surface area contributed by atoms with E-state index in [0.29, 0.717) is 25.2 Å². The molecule has 2 aromatic heterocycles. The summed E-state index contributed by atoms with van der Waals surface area (Å²) >= 11 is 1.55. The molecule has 0 spiro atoms. The Bertz CT molecular complexity index is 876. The van der Waals surface area contributed by atoms with Crippen LogP contribution in [0.15, 0.2) is 65.1 Å². The van der Waals surface area contributed by atoms with Crippen molar-refractivity contribution in [1.82, 2.24) is 20.1 Å². The molecule has 0 bridgehead atoms. The normalized spacial score (nSPS) is 19.6. The van der Waals surface area contributed by atoms with E-state index in [-0.39, 0.29) is 11.9 Å². The Kier molecular flexibility index (Phi) is 4.30. The highest BCUT2D eigenvalue weighted by Crippen LogP contribution is 2.37. The maximum atomic E-state index is 13.1. The van der Waals surface area contributed by atoms with Crippen LogP contribution in [0.1, 0.15) is 17.3 Å². The molecule has 0 saturated carbocycles. The first kappa shape index (κ1) is 16.5. The molecule has 0 radical (unpaired) electrons. The number of thiophene rings is 1. The number of aromatic nitrogens is 1. The third-order valence-electron chi connectivity index (χ3n) is 4.56. The highest BCUT2D eigenvalue weighted by atomic mass is 32.1. The summed E-state index contributed by atoms with van der Waals surface area (Å²) in [6.07, 6.45) is 3.38. The maximum Gasteiger partial charge on any atom is 0.322 e. The molecule has 4 heterocycles. The fraction of sp³-hybridized carbons (Fsp3) is 0.211. The van der Waals surface area contributed by atoms with Gasteiger partial charge in [0.1, 0.15) is 0 Å². The average molecular weight is 366 g/mol. The van der Waals surface area contributed by atoms with Crippen molar-refractivity contribution in [3.05, 3.63) is 76.4 Å². The van der Waals surface area contributed by atoms with Crippen LogP contribution < -0.4 is 5.32 Å². The molecule has 2 aliphatic rings. The molecule has 2 aliphatic heterocycles. The monoisotopic (exact) mass is 366 g/mol. The lowest BCUT2D eigenvalue weighted by Crippen LogP contribution is -2.47. The Labute approximate surface area is 155 Å². The Morgan fingerprint density at radius 1 is 1.35 bits per heavy atom. The van der Waals surface area contributed by atoms with Crippen LogP contribution in [0, 0.1) is 0 Å². The Morgan fingerprint density at radius 3 is 2.92 bits per heavy atom. The largest absolute Gasteiger partial charge is 0.327 e. The first-order valence-corrected chi connectivity index (χ1v) is 9.26. The standard InChI is InChI=1S/C19H18N4O2S/c1-2-8-23-15-11-22(10-14-5-3-4-7-20-14)18(24)16(15)17(21-19(23)25)13-6-9-26-12-13/h2-7,9,12,17H,1,8,10-11H2,(H,21,25). The minimum absolute atomic E-state index is 0.0593. The van der Waals surface area contributed by atoms with Gasteiger partial charge in [0.05, 0.1) is 36.1 Å². The summed E-state index contributed by atoms with van der Waals surface area (Å²) in [7, 11) is 0. The van der Waals surface area contributed by atoms with E-state index in [1.807, 2.05) is 35.0 Å². The van der Waals surface area contributed by atoms with Gasteiger partial charge in [0.25, 0.3) is 5.91 Å². The third-order valence-corrected chi connectivity index (χ3v) is 5.27. The maximum absolute atomic E-state index is 13.1. The zero-order chi connectivity index (χ0) is 18.1. The van der Waals surface area contributed by atoms with Crippen LogP contribution >= 0.6 is 11.3 Å². The molecule has 1 unspecified atom stereocenters. The second kappa shape index (κ2) is 6.76. The van der Waals surface area contributed by atoms with Crippen LogP contribution in [0.4, 0.5) is 4.79 Å². The van der Waals surface area contributed by atoms with Crippen molar-refractivity contribution < 1.29 is 9.59 Å². The van der Waals surface area contributed by atoms with Gasteiger partial charge in [0.15, 0.2) is 0 Å². The number of hydrogen-bond donors (Lipinski definition) is 1. The highest BCUT2D eigenvalue weighted by molar-refractivity contribution is 7.08. The summed E-state index contributed by atoms with van der Waals surface area (Å²) in [5.41, 5.74) is 3.15. The molecule has 6 nitrogen and oxygen atoms in total. The molecule has 1 atom stereocenters. The Morgan fingerprint density at radius 2 is 2.23 bits per heavy atom. The second-order valence-electron chi connectivity index (χ2n) is 6.18. The van der Waals surface area contributed by atoms with Crippen LogP contribution in [-0.2, 0) is 11.3 Å². The molecule has 0 fully saturated rings. The third kappa shape index (κ3) is 2.80. The molecule has 26 heavy (non-hydrogen) atoms. The van der Waals surface area contributed by atoms with Gasteiger partial charge >= 0.3 is 6.03 Å². The summed E-state index contributed by atoms with van der Waals surface area (Å²) in [5.74, 6) is -0.0593. The molecule has 3 amide bonds. The van der Waals surface area contributed by atoms with E-state index in [1.165, 1.54) is 0 Å². The van der Waals surface area contributed by atoms with Gasteiger partial charge in [-0.05, 0) is 34.5 Å². The molecular weight excluding hydrogens is 348 g/mol. The van der Waals surface area contributed by atoms with Crippen molar-refractivity contribution in [2.75, 3.05) is 13.1 Å². The van der Waals surface area contributed by atoms with Crippen LogP contribution in [-0.4, -0.2) is 39.8 Å². The quantitative estimate of drug-likeness (QED) is 0.828. The van der Waals surface area contributed by atoms with Gasteiger partial charge in [-0.2, -0.15) is 11.3 Å². The van der Waals surface area contributed by atoms with Gasteiger partial charge in [-0.25, -0.2) is 4.79 Å². The summed E-state index contributed by atoms with van der Waals surface area (Å²) in [6, 6.07) is 6.97. The highest BCUT2D eigenvalue weighted by Gasteiger charge is 2.43. The lowest BCUT2D eigenvalue weighted by Gasteiger charge is -2.32. The number of carbonyl (C=O) groups is 2. The van der Waals surface area contributed by atoms with Gasteiger partial charge in [-0.3, -0.25) is 14.7 Å². The van der Waals surface area contributed by atoms with E-state index in [1.54, 1.807) is 33.4 Å². The number of hydrogen-bond acceptors (Lipinski definition) is 4. The van der Waals surface area contributed by atoms with E-state index >= 15 is 0 Å². The summed E-state index contributed by atoms with van der Waals surface area (Å²) in [6.45, 7) is 4.91. The topological polar surface area (TPSA) is 65.5 Å². The lowest BCUT2D eigenvalue weighted by molar-refractivity contribution is -0.126. The van der Waals surface area contributed by atoms with E-state index in [4.69, 9.17) is 0 Å². The van der Waals surface area contributed by atoms with E-state index < -0.39 is 6.04 Å². The number of pyridine rings is 1. The molecule has 4 rings (SSSR count). The molecule has 1 N–H and O–H groups in total. The minimum atomic E-state index is -0.411. The van der Waals surface area contributed by atoms with Crippen molar-refractivity contribution in [3.8, 4) is 0 Å². The number of nitrogens with one attached hydrogen (secondary N) is 1. The summed E-state index contributed by atoms with van der Waals surface area (Å²) < 4.78 is 0. The number of carbonyl (C=O) groups excluding carboxylic acids is 2. The van der Waals surface area contributed by atoms with Crippen molar-refractivity contribution >= 4 is 23.3 Å². The SMILES string of the molecule is C=CCN1C(=O)NC(c2ccsc2)C2=C1CN(Cc1ccccn1)C2=O. The van der Waals surface area contributed by atoms with Gasteiger partial charge in [0.2, 0.25) is 0 Å². The molecule has 7 heteroatoms. The molecule has 2 aromatic rings. The lowest BCUT2D eigenvalue weighted by atomic mass is 9.98. The van der Waals surface area contributed by atoms with E-state index in [9.17, 15) is 9.59 Å². The minimum Gasteiger partial charge on any atom is -0.327 e. The number of nitrogens with zero attached hydrogens (tertiary/aromatic N) is 3. The molecule has 132 valence electrons.